The zero-order valence-electron chi connectivity index (χ0n) is 7.95. The van der Waals surface area contributed by atoms with Crippen molar-refractivity contribution < 1.29 is 0 Å². The molecule has 1 heterocycles. The number of rotatable bonds is 2. The summed E-state index contributed by atoms with van der Waals surface area (Å²) in [4.78, 5) is 4.31. The SMILES string of the molecule is ClCc1c(Cl)ccnc1-c1ccccc1. The Labute approximate surface area is 98.7 Å². The Morgan fingerprint density at radius 1 is 1.07 bits per heavy atom. The highest BCUT2D eigenvalue weighted by Crippen LogP contribution is 2.27. The number of aromatic nitrogens is 1. The molecule has 0 spiro atoms. The fourth-order valence-electron chi connectivity index (χ4n) is 1.44. The van der Waals surface area contributed by atoms with Crippen molar-refractivity contribution in [2.45, 2.75) is 5.88 Å². The lowest BCUT2D eigenvalue weighted by Gasteiger charge is -2.07. The van der Waals surface area contributed by atoms with E-state index in [0.29, 0.717) is 10.9 Å². The molecule has 1 aromatic carbocycles. The van der Waals surface area contributed by atoms with Crippen molar-refractivity contribution in [1.29, 1.82) is 0 Å². The average molecular weight is 238 g/mol. The van der Waals surface area contributed by atoms with E-state index in [1.165, 1.54) is 0 Å². The maximum atomic E-state index is 6.05. The lowest BCUT2D eigenvalue weighted by molar-refractivity contribution is 1.25. The molecular weight excluding hydrogens is 229 g/mol. The number of nitrogens with zero attached hydrogens (tertiary/aromatic N) is 1. The molecule has 0 saturated carbocycles. The number of halogens is 2. The maximum Gasteiger partial charge on any atom is 0.0760 e. The summed E-state index contributed by atoms with van der Waals surface area (Å²) in [5.74, 6) is 0.372. The molecule has 0 fully saturated rings. The van der Waals surface area contributed by atoms with E-state index in [-0.39, 0.29) is 0 Å². The van der Waals surface area contributed by atoms with E-state index in [0.717, 1.165) is 16.8 Å². The fourth-order valence-corrected chi connectivity index (χ4v) is 1.99. The Kier molecular flexibility index (Phi) is 3.24. The second-order valence-electron chi connectivity index (χ2n) is 3.12. The van der Waals surface area contributed by atoms with Crippen molar-refractivity contribution in [2.24, 2.45) is 0 Å². The van der Waals surface area contributed by atoms with Crippen LogP contribution in [0.5, 0.6) is 0 Å². The van der Waals surface area contributed by atoms with Crippen LogP contribution in [0.1, 0.15) is 5.56 Å². The van der Waals surface area contributed by atoms with Crippen molar-refractivity contribution in [2.75, 3.05) is 0 Å². The maximum absolute atomic E-state index is 6.05. The molecule has 76 valence electrons. The van der Waals surface area contributed by atoms with Gasteiger partial charge >= 0.3 is 0 Å². The highest BCUT2D eigenvalue weighted by atomic mass is 35.5. The fraction of sp³-hybridized carbons (Fsp3) is 0.0833. The van der Waals surface area contributed by atoms with Crippen LogP contribution < -0.4 is 0 Å². The van der Waals surface area contributed by atoms with Gasteiger partial charge in [0.05, 0.1) is 11.6 Å². The van der Waals surface area contributed by atoms with Crippen molar-refractivity contribution in [3.63, 3.8) is 0 Å². The van der Waals surface area contributed by atoms with Gasteiger partial charge in [0.25, 0.3) is 0 Å². The van der Waals surface area contributed by atoms with Gasteiger partial charge in [0, 0.05) is 22.3 Å². The van der Waals surface area contributed by atoms with Gasteiger partial charge in [-0.25, -0.2) is 0 Å². The molecular formula is C12H9Cl2N. The highest BCUT2D eigenvalue weighted by molar-refractivity contribution is 6.32. The molecule has 0 aliphatic rings. The molecule has 0 bridgehead atoms. The predicted molar refractivity (Wildman–Crippen MR) is 64.2 cm³/mol. The summed E-state index contributed by atoms with van der Waals surface area (Å²) in [5.41, 5.74) is 2.78. The lowest BCUT2D eigenvalue weighted by Crippen LogP contribution is -1.91. The van der Waals surface area contributed by atoms with Gasteiger partial charge < -0.3 is 0 Å². The van der Waals surface area contributed by atoms with Gasteiger partial charge in [-0.3, -0.25) is 4.98 Å². The predicted octanol–water partition coefficient (Wildman–Crippen LogP) is 4.14. The first-order chi connectivity index (χ1) is 7.33. The Hall–Kier alpha value is -1.05. The van der Waals surface area contributed by atoms with Gasteiger partial charge in [0.15, 0.2) is 0 Å². The first kappa shape index (κ1) is 10.5. The molecule has 1 aromatic heterocycles. The largest absolute Gasteiger partial charge is 0.256 e. The summed E-state index contributed by atoms with van der Waals surface area (Å²) >= 11 is 11.9. The molecule has 0 N–H and O–H groups in total. The van der Waals surface area contributed by atoms with Crippen LogP contribution in [-0.4, -0.2) is 4.98 Å². The average Bonchev–Trinajstić information content (AvgIpc) is 2.30. The topological polar surface area (TPSA) is 12.9 Å². The standard InChI is InChI=1S/C12H9Cl2N/c13-8-10-11(14)6-7-15-12(10)9-4-2-1-3-5-9/h1-7H,8H2. The minimum absolute atomic E-state index is 0.372. The van der Waals surface area contributed by atoms with Gasteiger partial charge in [-0.1, -0.05) is 41.9 Å². The molecule has 0 aliphatic heterocycles. The third-order valence-electron chi connectivity index (χ3n) is 2.18. The van der Waals surface area contributed by atoms with Crippen LogP contribution in [-0.2, 0) is 5.88 Å². The third-order valence-corrected chi connectivity index (χ3v) is 2.80. The molecule has 0 unspecified atom stereocenters. The zero-order valence-corrected chi connectivity index (χ0v) is 9.46. The van der Waals surface area contributed by atoms with Crippen LogP contribution >= 0.6 is 23.2 Å². The van der Waals surface area contributed by atoms with Gasteiger partial charge in [0.1, 0.15) is 0 Å². The number of benzene rings is 1. The number of pyridine rings is 1. The summed E-state index contributed by atoms with van der Waals surface area (Å²) in [6.07, 6.45) is 1.70. The van der Waals surface area contributed by atoms with Crippen molar-refractivity contribution >= 4 is 23.2 Å². The molecule has 1 nitrogen and oxygen atoms in total. The first-order valence-electron chi connectivity index (χ1n) is 4.57. The van der Waals surface area contributed by atoms with E-state index in [4.69, 9.17) is 23.2 Å². The van der Waals surface area contributed by atoms with Crippen molar-refractivity contribution in [3.05, 3.63) is 53.2 Å². The zero-order chi connectivity index (χ0) is 10.7. The summed E-state index contributed by atoms with van der Waals surface area (Å²) in [6.45, 7) is 0. The van der Waals surface area contributed by atoms with Gasteiger partial charge in [-0.05, 0) is 6.07 Å². The molecule has 0 amide bonds. The van der Waals surface area contributed by atoms with E-state index in [9.17, 15) is 0 Å². The number of hydrogen-bond donors (Lipinski definition) is 0. The van der Waals surface area contributed by atoms with Gasteiger partial charge in [-0.15, -0.1) is 11.6 Å². The first-order valence-corrected chi connectivity index (χ1v) is 5.49. The second-order valence-corrected chi connectivity index (χ2v) is 3.79. The van der Waals surface area contributed by atoms with Crippen LogP contribution in [0.25, 0.3) is 11.3 Å². The minimum atomic E-state index is 0.372. The van der Waals surface area contributed by atoms with Crippen molar-refractivity contribution in [1.82, 2.24) is 4.98 Å². The highest BCUT2D eigenvalue weighted by Gasteiger charge is 2.08. The Morgan fingerprint density at radius 3 is 2.47 bits per heavy atom. The number of hydrogen-bond acceptors (Lipinski definition) is 1. The molecule has 0 atom stereocenters. The number of alkyl halides is 1. The van der Waals surface area contributed by atoms with Crippen LogP contribution in [0.3, 0.4) is 0 Å². The normalized spacial score (nSPS) is 10.3. The van der Waals surface area contributed by atoms with E-state index >= 15 is 0 Å². The third kappa shape index (κ3) is 2.14. The molecule has 0 radical (unpaired) electrons. The van der Waals surface area contributed by atoms with Crippen LogP contribution in [0.2, 0.25) is 5.02 Å². The summed E-state index contributed by atoms with van der Waals surface area (Å²) in [6, 6.07) is 11.6. The van der Waals surface area contributed by atoms with E-state index in [2.05, 4.69) is 4.98 Å². The molecule has 2 rings (SSSR count). The molecule has 15 heavy (non-hydrogen) atoms. The summed E-state index contributed by atoms with van der Waals surface area (Å²) in [5, 5.41) is 0.666. The molecule has 0 saturated heterocycles. The lowest BCUT2D eigenvalue weighted by atomic mass is 10.1. The summed E-state index contributed by atoms with van der Waals surface area (Å²) in [7, 11) is 0. The smallest absolute Gasteiger partial charge is 0.0760 e. The Balaban J connectivity index is 2.58. The van der Waals surface area contributed by atoms with Crippen LogP contribution in [0, 0.1) is 0 Å². The van der Waals surface area contributed by atoms with E-state index in [1.807, 2.05) is 30.3 Å². The molecule has 0 aliphatic carbocycles. The van der Waals surface area contributed by atoms with Crippen molar-refractivity contribution in [3.8, 4) is 11.3 Å². The van der Waals surface area contributed by atoms with E-state index in [1.54, 1.807) is 12.3 Å². The monoisotopic (exact) mass is 237 g/mol. The Bertz CT molecular complexity index is 454. The second kappa shape index (κ2) is 4.65. The van der Waals surface area contributed by atoms with Gasteiger partial charge in [-0.2, -0.15) is 0 Å². The van der Waals surface area contributed by atoms with Gasteiger partial charge in [0.2, 0.25) is 0 Å². The quantitative estimate of drug-likeness (QED) is 0.716. The molecule has 2 aromatic rings. The van der Waals surface area contributed by atoms with E-state index < -0.39 is 0 Å². The Morgan fingerprint density at radius 2 is 1.80 bits per heavy atom. The summed E-state index contributed by atoms with van der Waals surface area (Å²) < 4.78 is 0. The van der Waals surface area contributed by atoms with Crippen LogP contribution in [0.4, 0.5) is 0 Å². The molecule has 3 heteroatoms. The minimum Gasteiger partial charge on any atom is -0.256 e. The van der Waals surface area contributed by atoms with Crippen LogP contribution in [0.15, 0.2) is 42.6 Å².